The van der Waals surface area contributed by atoms with Gasteiger partial charge < -0.3 is 9.47 Å². The zero-order valence-electron chi connectivity index (χ0n) is 17.9. The van der Waals surface area contributed by atoms with Crippen LogP contribution in [0.4, 0.5) is 11.4 Å². The first-order valence-corrected chi connectivity index (χ1v) is 9.77. The maximum atomic E-state index is 12.9. The second kappa shape index (κ2) is 9.34. The average molecular weight is 410 g/mol. The summed E-state index contributed by atoms with van der Waals surface area (Å²) in [6.45, 7) is 5.77. The van der Waals surface area contributed by atoms with Crippen molar-refractivity contribution in [3.05, 3.63) is 51.6 Å². The lowest BCUT2D eigenvalue weighted by Gasteiger charge is -2.11. The Kier molecular flexibility index (Phi) is 6.61. The van der Waals surface area contributed by atoms with Crippen LogP contribution >= 0.6 is 0 Å². The van der Waals surface area contributed by atoms with Gasteiger partial charge in [0.25, 0.3) is 5.95 Å². The fourth-order valence-corrected chi connectivity index (χ4v) is 3.02. The van der Waals surface area contributed by atoms with Crippen molar-refractivity contribution >= 4 is 11.4 Å². The summed E-state index contributed by atoms with van der Waals surface area (Å²) in [7, 11) is 3.16. The zero-order valence-corrected chi connectivity index (χ0v) is 17.9. The van der Waals surface area contributed by atoms with Crippen molar-refractivity contribution in [2.24, 2.45) is 10.2 Å². The highest BCUT2D eigenvalue weighted by atomic mass is 16.5. The van der Waals surface area contributed by atoms with E-state index in [1.807, 2.05) is 6.92 Å². The fourth-order valence-electron chi connectivity index (χ4n) is 3.02. The SMILES string of the molecule is CCCCc1c(C)nc(-n2[nH]c(C)c(N=Nc3ccc(OC)cc3)c2=O)nc1OC. The third-order valence-electron chi connectivity index (χ3n) is 4.72. The molecular weight excluding hydrogens is 384 g/mol. The van der Waals surface area contributed by atoms with Crippen molar-refractivity contribution in [1.29, 1.82) is 0 Å². The van der Waals surface area contributed by atoms with Crippen molar-refractivity contribution in [3.8, 4) is 17.6 Å². The Morgan fingerprint density at radius 2 is 1.80 bits per heavy atom. The van der Waals surface area contributed by atoms with Crippen LogP contribution in [0.2, 0.25) is 0 Å². The molecule has 158 valence electrons. The largest absolute Gasteiger partial charge is 0.497 e. The smallest absolute Gasteiger partial charge is 0.301 e. The minimum absolute atomic E-state index is 0.195. The van der Waals surface area contributed by atoms with Gasteiger partial charge in [-0.05, 0) is 51.0 Å². The van der Waals surface area contributed by atoms with Crippen molar-refractivity contribution in [1.82, 2.24) is 19.7 Å². The highest BCUT2D eigenvalue weighted by Gasteiger charge is 2.18. The molecule has 9 heteroatoms. The molecule has 0 spiro atoms. The molecule has 2 heterocycles. The number of aromatic nitrogens is 4. The first kappa shape index (κ1) is 21.2. The molecule has 3 rings (SSSR count). The number of hydrogen-bond acceptors (Lipinski definition) is 7. The third kappa shape index (κ3) is 4.40. The maximum Gasteiger partial charge on any atom is 0.301 e. The predicted molar refractivity (Wildman–Crippen MR) is 114 cm³/mol. The van der Waals surface area contributed by atoms with Gasteiger partial charge in [-0.25, -0.2) is 4.98 Å². The van der Waals surface area contributed by atoms with Gasteiger partial charge in [0, 0.05) is 11.3 Å². The predicted octanol–water partition coefficient (Wildman–Crippen LogP) is 4.35. The molecule has 0 aliphatic heterocycles. The van der Waals surface area contributed by atoms with Crippen molar-refractivity contribution in [2.45, 2.75) is 40.0 Å². The minimum atomic E-state index is -0.382. The first-order chi connectivity index (χ1) is 14.5. The summed E-state index contributed by atoms with van der Waals surface area (Å²) >= 11 is 0. The molecule has 0 amide bonds. The van der Waals surface area contributed by atoms with Crippen molar-refractivity contribution < 1.29 is 9.47 Å². The average Bonchev–Trinajstić information content (AvgIpc) is 3.04. The van der Waals surface area contributed by atoms with Crippen LogP contribution in [-0.4, -0.2) is 34.0 Å². The second-order valence-corrected chi connectivity index (χ2v) is 6.82. The van der Waals surface area contributed by atoms with Crippen LogP contribution in [0.25, 0.3) is 5.95 Å². The Labute approximate surface area is 174 Å². The molecule has 0 aliphatic carbocycles. The van der Waals surface area contributed by atoms with Crippen LogP contribution in [-0.2, 0) is 6.42 Å². The quantitative estimate of drug-likeness (QED) is 0.556. The monoisotopic (exact) mass is 410 g/mol. The van der Waals surface area contributed by atoms with Gasteiger partial charge in [-0.2, -0.15) is 14.8 Å². The van der Waals surface area contributed by atoms with Crippen LogP contribution in [0.1, 0.15) is 36.7 Å². The van der Waals surface area contributed by atoms with E-state index in [-0.39, 0.29) is 17.2 Å². The van der Waals surface area contributed by atoms with Crippen LogP contribution in [0.5, 0.6) is 11.6 Å². The molecule has 0 bridgehead atoms. The second-order valence-electron chi connectivity index (χ2n) is 6.82. The van der Waals surface area contributed by atoms with Gasteiger partial charge in [-0.3, -0.25) is 9.89 Å². The number of H-pyrrole nitrogens is 1. The van der Waals surface area contributed by atoms with E-state index in [2.05, 4.69) is 32.2 Å². The number of aromatic amines is 1. The summed E-state index contributed by atoms with van der Waals surface area (Å²) in [4.78, 5) is 21.9. The topological polar surface area (TPSA) is 107 Å². The molecular formula is C21H26N6O3. The third-order valence-corrected chi connectivity index (χ3v) is 4.72. The zero-order chi connectivity index (χ0) is 21.7. The van der Waals surface area contributed by atoms with E-state index < -0.39 is 0 Å². The number of methoxy groups -OCH3 is 2. The number of aryl methyl sites for hydroxylation is 2. The summed E-state index contributed by atoms with van der Waals surface area (Å²) in [6, 6.07) is 7.07. The number of rotatable bonds is 8. The van der Waals surface area contributed by atoms with E-state index in [0.717, 1.165) is 36.3 Å². The van der Waals surface area contributed by atoms with Crippen LogP contribution in [0.3, 0.4) is 0 Å². The standard InChI is InChI=1S/C21H26N6O3/c1-6-7-8-17-13(2)22-21(23-19(17)30-5)27-20(28)18(14(3)26-27)25-24-15-9-11-16(29-4)12-10-15/h9-12,26H,6-8H2,1-5H3. The highest BCUT2D eigenvalue weighted by molar-refractivity contribution is 5.44. The molecule has 1 aromatic carbocycles. The Hall–Kier alpha value is -3.49. The molecule has 0 unspecified atom stereocenters. The number of unbranched alkanes of at least 4 members (excludes halogenated alkanes) is 1. The van der Waals surface area contributed by atoms with Gasteiger partial charge in [0.05, 0.1) is 25.6 Å². The lowest BCUT2D eigenvalue weighted by molar-refractivity contribution is 0.388. The van der Waals surface area contributed by atoms with Crippen molar-refractivity contribution in [2.75, 3.05) is 14.2 Å². The van der Waals surface area contributed by atoms with Crippen LogP contribution in [0, 0.1) is 13.8 Å². The van der Waals surface area contributed by atoms with Crippen LogP contribution < -0.4 is 15.0 Å². The molecule has 1 N–H and O–H groups in total. The first-order valence-electron chi connectivity index (χ1n) is 9.77. The Morgan fingerprint density at radius 3 is 2.43 bits per heavy atom. The molecule has 2 aromatic heterocycles. The highest BCUT2D eigenvalue weighted by Crippen LogP contribution is 2.23. The van der Waals surface area contributed by atoms with E-state index in [4.69, 9.17) is 9.47 Å². The Bertz CT molecular complexity index is 1100. The molecule has 9 nitrogen and oxygen atoms in total. The summed E-state index contributed by atoms with van der Waals surface area (Å²) < 4.78 is 11.8. The maximum absolute atomic E-state index is 12.9. The van der Waals surface area contributed by atoms with E-state index >= 15 is 0 Å². The summed E-state index contributed by atoms with van der Waals surface area (Å²) in [6.07, 6.45) is 2.89. The van der Waals surface area contributed by atoms with E-state index in [0.29, 0.717) is 17.3 Å². The molecule has 0 aliphatic rings. The molecule has 0 atom stereocenters. The fraction of sp³-hybridized carbons (Fsp3) is 0.381. The number of ether oxygens (including phenoxy) is 2. The Balaban J connectivity index is 1.96. The number of nitrogens with zero attached hydrogens (tertiary/aromatic N) is 5. The summed E-state index contributed by atoms with van der Waals surface area (Å²) in [5.74, 6) is 1.41. The molecule has 30 heavy (non-hydrogen) atoms. The lowest BCUT2D eigenvalue weighted by Crippen LogP contribution is -2.18. The lowest BCUT2D eigenvalue weighted by atomic mass is 10.1. The van der Waals surface area contributed by atoms with Gasteiger partial charge in [0.2, 0.25) is 5.88 Å². The Morgan fingerprint density at radius 1 is 1.07 bits per heavy atom. The van der Waals surface area contributed by atoms with Gasteiger partial charge in [0.1, 0.15) is 5.75 Å². The number of nitrogens with one attached hydrogen (secondary N) is 1. The van der Waals surface area contributed by atoms with Crippen LogP contribution in [0.15, 0.2) is 39.3 Å². The summed E-state index contributed by atoms with van der Waals surface area (Å²) in [5, 5.41) is 11.3. The minimum Gasteiger partial charge on any atom is -0.497 e. The van der Waals surface area contributed by atoms with Gasteiger partial charge in [-0.1, -0.05) is 13.3 Å². The van der Waals surface area contributed by atoms with E-state index in [1.165, 1.54) is 4.68 Å². The molecule has 0 saturated carbocycles. The van der Waals surface area contributed by atoms with E-state index in [1.54, 1.807) is 45.4 Å². The number of benzene rings is 1. The van der Waals surface area contributed by atoms with Gasteiger partial charge in [-0.15, -0.1) is 5.11 Å². The number of hydrogen-bond donors (Lipinski definition) is 1. The van der Waals surface area contributed by atoms with Gasteiger partial charge in [0.15, 0.2) is 5.69 Å². The summed E-state index contributed by atoms with van der Waals surface area (Å²) in [5.41, 5.74) is 2.72. The number of azo groups is 1. The van der Waals surface area contributed by atoms with Gasteiger partial charge >= 0.3 is 5.56 Å². The molecule has 0 saturated heterocycles. The molecule has 3 aromatic rings. The molecule has 0 radical (unpaired) electrons. The van der Waals surface area contributed by atoms with E-state index in [9.17, 15) is 4.79 Å². The van der Waals surface area contributed by atoms with Crippen molar-refractivity contribution in [3.63, 3.8) is 0 Å². The normalized spacial score (nSPS) is 11.2. The molecule has 0 fully saturated rings.